The summed E-state index contributed by atoms with van der Waals surface area (Å²) in [6.45, 7) is 6.68. The molecule has 3 nitrogen and oxygen atoms in total. The summed E-state index contributed by atoms with van der Waals surface area (Å²) in [6, 6.07) is 6.82. The smallest absolute Gasteiger partial charge is 0.111 e. The fraction of sp³-hybridized carbons (Fsp3) is 0.588. The highest BCUT2D eigenvalue weighted by molar-refractivity contribution is 6.17. The van der Waals surface area contributed by atoms with Crippen molar-refractivity contribution in [1.29, 1.82) is 0 Å². The fourth-order valence-electron chi connectivity index (χ4n) is 3.62. The molecule has 0 saturated heterocycles. The van der Waals surface area contributed by atoms with Gasteiger partial charge in [-0.25, -0.2) is 4.98 Å². The maximum absolute atomic E-state index is 5.99. The Morgan fingerprint density at radius 3 is 2.81 bits per heavy atom. The first-order chi connectivity index (χ1) is 10.0. The summed E-state index contributed by atoms with van der Waals surface area (Å²) in [7, 11) is 1.80. The second-order valence-corrected chi connectivity index (χ2v) is 6.95. The number of nitrogens with zero attached hydrogens (tertiary/aromatic N) is 2. The summed E-state index contributed by atoms with van der Waals surface area (Å²) in [5, 5.41) is 0. The van der Waals surface area contributed by atoms with Crippen LogP contribution in [0, 0.1) is 12.3 Å². The number of imidazole rings is 1. The van der Waals surface area contributed by atoms with E-state index in [1.807, 2.05) is 0 Å². The highest BCUT2D eigenvalue weighted by Gasteiger charge is 2.50. The Labute approximate surface area is 131 Å². The number of aryl methyl sites for hydroxylation is 2. The van der Waals surface area contributed by atoms with E-state index in [1.54, 1.807) is 7.11 Å². The summed E-state index contributed by atoms with van der Waals surface area (Å²) < 4.78 is 8.01. The van der Waals surface area contributed by atoms with E-state index >= 15 is 0 Å². The lowest BCUT2D eigenvalue weighted by Gasteiger charge is -2.52. The molecular weight excluding hydrogens is 284 g/mol. The normalized spacial score (nSPS) is 24.2. The molecule has 0 radical (unpaired) electrons. The Bertz CT molecular complexity index is 662. The van der Waals surface area contributed by atoms with Gasteiger partial charge in [-0.15, -0.1) is 11.6 Å². The molecule has 0 N–H and O–H groups in total. The zero-order valence-corrected chi connectivity index (χ0v) is 13.9. The standard InChI is InChI=1S/C17H23ClN2O/c1-11-6-5-7-12-16(11)19-15(8-9-18)20(12)13-10-14(21-4)17(13,2)3/h5-7,13-14H,8-10H2,1-4H3. The largest absolute Gasteiger partial charge is 0.381 e. The quantitative estimate of drug-likeness (QED) is 0.795. The van der Waals surface area contributed by atoms with Crippen LogP contribution in [-0.4, -0.2) is 28.6 Å². The van der Waals surface area contributed by atoms with Crippen molar-refractivity contribution in [2.45, 2.75) is 45.8 Å². The van der Waals surface area contributed by atoms with Crippen LogP contribution in [0.5, 0.6) is 0 Å². The van der Waals surface area contributed by atoms with Gasteiger partial charge in [0.25, 0.3) is 0 Å². The minimum atomic E-state index is 0.118. The molecule has 1 aliphatic carbocycles. The van der Waals surface area contributed by atoms with E-state index in [1.165, 1.54) is 11.1 Å². The lowest BCUT2D eigenvalue weighted by atomic mass is 9.64. The third kappa shape index (κ3) is 2.18. The molecule has 1 saturated carbocycles. The second kappa shape index (κ2) is 5.29. The maximum atomic E-state index is 5.99. The molecule has 21 heavy (non-hydrogen) atoms. The number of hydrogen-bond acceptors (Lipinski definition) is 2. The van der Waals surface area contributed by atoms with Crippen LogP contribution in [-0.2, 0) is 11.2 Å². The van der Waals surface area contributed by atoms with E-state index in [0.717, 1.165) is 24.2 Å². The number of fused-ring (bicyclic) bond motifs is 1. The number of rotatable bonds is 4. The molecular formula is C17H23ClN2O. The SMILES string of the molecule is COC1CC(n2c(CCCl)nc3c(C)cccc32)C1(C)C. The number of methoxy groups -OCH3 is 1. The Morgan fingerprint density at radius 1 is 1.43 bits per heavy atom. The number of para-hydroxylation sites is 1. The van der Waals surface area contributed by atoms with Crippen molar-refractivity contribution in [3.63, 3.8) is 0 Å². The van der Waals surface area contributed by atoms with E-state index < -0.39 is 0 Å². The van der Waals surface area contributed by atoms with E-state index in [0.29, 0.717) is 18.0 Å². The number of alkyl halides is 1. The molecule has 0 aliphatic heterocycles. The molecule has 1 aromatic carbocycles. The lowest BCUT2D eigenvalue weighted by molar-refractivity contribution is -0.112. The molecule has 1 heterocycles. The topological polar surface area (TPSA) is 27.1 Å². The number of hydrogen-bond donors (Lipinski definition) is 0. The van der Waals surface area contributed by atoms with Gasteiger partial charge in [-0.2, -0.15) is 0 Å². The van der Waals surface area contributed by atoms with Gasteiger partial charge in [-0.3, -0.25) is 0 Å². The van der Waals surface area contributed by atoms with Crippen molar-refractivity contribution >= 4 is 22.6 Å². The van der Waals surface area contributed by atoms with Gasteiger partial charge in [-0.1, -0.05) is 26.0 Å². The van der Waals surface area contributed by atoms with Gasteiger partial charge in [-0.05, 0) is 25.0 Å². The highest BCUT2D eigenvalue weighted by atomic mass is 35.5. The van der Waals surface area contributed by atoms with Gasteiger partial charge in [0.2, 0.25) is 0 Å². The van der Waals surface area contributed by atoms with Crippen molar-refractivity contribution < 1.29 is 4.74 Å². The average Bonchev–Trinajstić information content (AvgIpc) is 2.79. The Balaban J connectivity index is 2.13. The van der Waals surface area contributed by atoms with Crippen LogP contribution in [0.4, 0.5) is 0 Å². The molecule has 2 aromatic rings. The van der Waals surface area contributed by atoms with Gasteiger partial charge in [0, 0.05) is 30.9 Å². The summed E-state index contributed by atoms with van der Waals surface area (Å²) in [5.41, 5.74) is 3.67. The third-order valence-electron chi connectivity index (χ3n) is 5.04. The number of aromatic nitrogens is 2. The predicted molar refractivity (Wildman–Crippen MR) is 87.1 cm³/mol. The molecule has 0 bridgehead atoms. The van der Waals surface area contributed by atoms with E-state index in [4.69, 9.17) is 21.3 Å². The molecule has 3 rings (SSSR count). The second-order valence-electron chi connectivity index (χ2n) is 6.58. The van der Waals surface area contributed by atoms with Crippen LogP contribution < -0.4 is 0 Å². The van der Waals surface area contributed by atoms with Gasteiger partial charge in [0.1, 0.15) is 5.82 Å². The summed E-state index contributed by atoms with van der Waals surface area (Å²) in [6.07, 6.45) is 2.16. The lowest BCUT2D eigenvalue weighted by Crippen LogP contribution is -2.51. The van der Waals surface area contributed by atoms with Crippen molar-refractivity contribution in [3.8, 4) is 0 Å². The van der Waals surface area contributed by atoms with Gasteiger partial charge in [0.15, 0.2) is 0 Å². The Kier molecular flexibility index (Phi) is 3.74. The minimum absolute atomic E-state index is 0.118. The van der Waals surface area contributed by atoms with Crippen molar-refractivity contribution in [3.05, 3.63) is 29.6 Å². The maximum Gasteiger partial charge on any atom is 0.111 e. The zero-order valence-electron chi connectivity index (χ0n) is 13.2. The van der Waals surface area contributed by atoms with Crippen LogP contribution in [0.25, 0.3) is 11.0 Å². The number of benzene rings is 1. The first-order valence-electron chi connectivity index (χ1n) is 7.56. The van der Waals surface area contributed by atoms with E-state index in [9.17, 15) is 0 Å². The summed E-state index contributed by atoms with van der Waals surface area (Å²) in [5.74, 6) is 1.70. The van der Waals surface area contributed by atoms with Crippen LogP contribution >= 0.6 is 11.6 Å². The predicted octanol–water partition coefficient (Wildman–Crippen LogP) is 4.11. The zero-order chi connectivity index (χ0) is 15.2. The van der Waals surface area contributed by atoms with Crippen LogP contribution in [0.2, 0.25) is 0 Å². The van der Waals surface area contributed by atoms with Crippen molar-refractivity contribution in [2.75, 3.05) is 13.0 Å². The van der Waals surface area contributed by atoms with Crippen LogP contribution in [0.3, 0.4) is 0 Å². The monoisotopic (exact) mass is 306 g/mol. The molecule has 4 heteroatoms. The number of halogens is 1. The summed E-state index contributed by atoms with van der Waals surface area (Å²) >= 11 is 5.99. The first-order valence-corrected chi connectivity index (χ1v) is 8.09. The Hall–Kier alpha value is -1.06. The fourth-order valence-corrected chi connectivity index (χ4v) is 3.79. The Morgan fingerprint density at radius 2 is 2.19 bits per heavy atom. The minimum Gasteiger partial charge on any atom is -0.381 e. The van der Waals surface area contributed by atoms with E-state index in [2.05, 4.69) is 43.5 Å². The van der Waals surface area contributed by atoms with E-state index in [-0.39, 0.29) is 5.41 Å². The molecule has 0 spiro atoms. The van der Waals surface area contributed by atoms with Crippen LogP contribution in [0.1, 0.15) is 37.7 Å². The van der Waals surface area contributed by atoms with Crippen molar-refractivity contribution in [2.24, 2.45) is 5.41 Å². The molecule has 2 atom stereocenters. The molecule has 1 aliphatic rings. The third-order valence-corrected chi connectivity index (χ3v) is 5.22. The van der Waals surface area contributed by atoms with Gasteiger partial charge in [0.05, 0.1) is 17.1 Å². The summed E-state index contributed by atoms with van der Waals surface area (Å²) in [4.78, 5) is 4.86. The molecule has 114 valence electrons. The first kappa shape index (κ1) is 14.9. The average molecular weight is 307 g/mol. The van der Waals surface area contributed by atoms with Crippen LogP contribution in [0.15, 0.2) is 18.2 Å². The molecule has 1 aromatic heterocycles. The van der Waals surface area contributed by atoms with Gasteiger partial charge < -0.3 is 9.30 Å². The highest BCUT2D eigenvalue weighted by Crippen LogP contribution is 2.52. The molecule has 1 fully saturated rings. The molecule has 0 amide bonds. The van der Waals surface area contributed by atoms with Gasteiger partial charge >= 0.3 is 0 Å². The number of ether oxygens (including phenoxy) is 1. The molecule has 2 unspecified atom stereocenters. The van der Waals surface area contributed by atoms with Crippen molar-refractivity contribution in [1.82, 2.24) is 9.55 Å².